The second-order valence-electron chi connectivity index (χ2n) is 3.58. The molecule has 0 spiro atoms. The van der Waals surface area contributed by atoms with Gasteiger partial charge in [-0.15, -0.1) is 11.6 Å². The van der Waals surface area contributed by atoms with Gasteiger partial charge >= 0.3 is 0 Å². The fourth-order valence-corrected chi connectivity index (χ4v) is 2.53. The lowest BCUT2D eigenvalue weighted by molar-refractivity contribution is 1.14. The maximum absolute atomic E-state index is 6.38. The molecule has 0 N–H and O–H groups in total. The summed E-state index contributed by atoms with van der Waals surface area (Å²) in [6, 6.07) is 12.6. The molecule has 4 heteroatoms. The van der Waals surface area contributed by atoms with Crippen molar-refractivity contribution in [1.82, 2.24) is 0 Å². The van der Waals surface area contributed by atoms with Crippen LogP contribution in [-0.2, 0) is 0 Å². The molecular weight excluding hydrogens is 298 g/mol. The lowest BCUT2D eigenvalue weighted by atomic mass is 10.0. The number of hydrogen-bond donors (Lipinski definition) is 0. The highest BCUT2D eigenvalue weighted by atomic mass is 35.5. The van der Waals surface area contributed by atoms with Gasteiger partial charge in [0.1, 0.15) is 0 Å². The average molecular weight is 306 g/mol. The van der Waals surface area contributed by atoms with E-state index in [1.807, 2.05) is 18.2 Å². The fourth-order valence-electron chi connectivity index (χ4n) is 1.55. The van der Waals surface area contributed by atoms with E-state index < -0.39 is 0 Å². The molecule has 0 bridgehead atoms. The minimum atomic E-state index is -0.361. The summed E-state index contributed by atoms with van der Waals surface area (Å²) in [5, 5.41) is 1.48. The summed E-state index contributed by atoms with van der Waals surface area (Å²) in [5.74, 6) is 0. The zero-order chi connectivity index (χ0) is 12.4. The molecule has 0 fully saturated rings. The molecule has 0 saturated carbocycles. The Hall–Kier alpha value is -0.400. The number of rotatable bonds is 2. The quantitative estimate of drug-likeness (QED) is 0.599. The number of halogens is 4. The third kappa shape index (κ3) is 3.08. The summed E-state index contributed by atoms with van der Waals surface area (Å²) in [5.41, 5.74) is 1.67. The molecule has 0 heterocycles. The van der Waals surface area contributed by atoms with Crippen LogP contribution in [0.1, 0.15) is 16.5 Å². The van der Waals surface area contributed by atoms with Gasteiger partial charge in [0, 0.05) is 15.1 Å². The summed E-state index contributed by atoms with van der Waals surface area (Å²) >= 11 is 24.3. The fraction of sp³-hybridized carbons (Fsp3) is 0.0769. The minimum absolute atomic E-state index is 0.361. The summed E-state index contributed by atoms with van der Waals surface area (Å²) < 4.78 is 0. The first-order chi connectivity index (χ1) is 8.08. The molecular formula is C13H8Cl4. The Morgan fingerprint density at radius 3 is 2.24 bits per heavy atom. The van der Waals surface area contributed by atoms with Gasteiger partial charge in [0.05, 0.1) is 5.38 Å². The molecule has 0 saturated heterocycles. The van der Waals surface area contributed by atoms with E-state index in [9.17, 15) is 0 Å². The van der Waals surface area contributed by atoms with Gasteiger partial charge in [-0.2, -0.15) is 0 Å². The van der Waals surface area contributed by atoms with E-state index in [0.29, 0.717) is 15.1 Å². The molecule has 17 heavy (non-hydrogen) atoms. The third-order valence-electron chi connectivity index (χ3n) is 2.37. The highest BCUT2D eigenvalue weighted by Crippen LogP contribution is 2.35. The van der Waals surface area contributed by atoms with Crippen molar-refractivity contribution in [1.29, 1.82) is 0 Å². The van der Waals surface area contributed by atoms with Crippen LogP contribution in [0.4, 0.5) is 0 Å². The average Bonchev–Trinajstić information content (AvgIpc) is 2.31. The van der Waals surface area contributed by atoms with E-state index in [-0.39, 0.29) is 5.38 Å². The van der Waals surface area contributed by atoms with E-state index >= 15 is 0 Å². The van der Waals surface area contributed by atoms with E-state index in [2.05, 4.69) is 0 Å². The summed E-state index contributed by atoms with van der Waals surface area (Å²) in [6.07, 6.45) is 0. The highest BCUT2D eigenvalue weighted by Gasteiger charge is 2.14. The molecule has 0 aromatic heterocycles. The van der Waals surface area contributed by atoms with Gasteiger partial charge in [-0.1, -0.05) is 46.9 Å². The summed E-state index contributed by atoms with van der Waals surface area (Å²) in [7, 11) is 0. The molecule has 0 amide bonds. The first-order valence-electron chi connectivity index (χ1n) is 4.92. The van der Waals surface area contributed by atoms with Crippen LogP contribution in [0.3, 0.4) is 0 Å². The van der Waals surface area contributed by atoms with Crippen molar-refractivity contribution in [3.8, 4) is 0 Å². The van der Waals surface area contributed by atoms with E-state index in [1.165, 1.54) is 0 Å². The minimum Gasteiger partial charge on any atom is -0.113 e. The molecule has 0 aliphatic heterocycles. The molecule has 0 aliphatic carbocycles. The molecule has 2 aromatic carbocycles. The van der Waals surface area contributed by atoms with E-state index in [4.69, 9.17) is 46.4 Å². The molecule has 2 aromatic rings. The lowest BCUT2D eigenvalue weighted by Crippen LogP contribution is -1.94. The Labute approximate surface area is 120 Å². The second kappa shape index (κ2) is 5.49. The zero-order valence-electron chi connectivity index (χ0n) is 8.63. The summed E-state index contributed by atoms with van der Waals surface area (Å²) in [6.45, 7) is 0. The Morgan fingerprint density at radius 1 is 0.824 bits per heavy atom. The van der Waals surface area contributed by atoms with Crippen molar-refractivity contribution in [3.63, 3.8) is 0 Å². The predicted octanol–water partition coefficient (Wildman–Crippen LogP) is 5.98. The predicted molar refractivity (Wildman–Crippen MR) is 75.6 cm³/mol. The van der Waals surface area contributed by atoms with Gasteiger partial charge in [0.2, 0.25) is 0 Å². The van der Waals surface area contributed by atoms with Gasteiger partial charge in [-0.25, -0.2) is 0 Å². The van der Waals surface area contributed by atoms with Gasteiger partial charge in [0.25, 0.3) is 0 Å². The molecule has 0 aliphatic rings. The van der Waals surface area contributed by atoms with Crippen molar-refractivity contribution in [3.05, 3.63) is 68.7 Å². The Kier molecular flexibility index (Phi) is 4.22. The Bertz CT molecular complexity index is 537. The van der Waals surface area contributed by atoms with E-state index in [0.717, 1.165) is 11.1 Å². The molecule has 2 rings (SSSR count). The van der Waals surface area contributed by atoms with Crippen LogP contribution in [0.2, 0.25) is 15.1 Å². The van der Waals surface area contributed by atoms with Crippen LogP contribution >= 0.6 is 46.4 Å². The van der Waals surface area contributed by atoms with Crippen LogP contribution in [0.15, 0.2) is 42.5 Å². The molecule has 1 atom stereocenters. The smallest absolute Gasteiger partial charge is 0.0850 e. The molecule has 0 nitrogen and oxygen atoms in total. The van der Waals surface area contributed by atoms with Gasteiger partial charge in [-0.05, 0) is 41.5 Å². The van der Waals surface area contributed by atoms with Gasteiger partial charge in [0.15, 0.2) is 0 Å². The SMILES string of the molecule is Clc1cccc(C(Cl)c2cc(Cl)ccc2Cl)c1. The van der Waals surface area contributed by atoms with Crippen molar-refractivity contribution in [2.24, 2.45) is 0 Å². The lowest BCUT2D eigenvalue weighted by Gasteiger charge is -2.12. The monoisotopic (exact) mass is 304 g/mol. The van der Waals surface area contributed by atoms with Crippen molar-refractivity contribution < 1.29 is 0 Å². The van der Waals surface area contributed by atoms with E-state index in [1.54, 1.807) is 24.3 Å². The maximum Gasteiger partial charge on any atom is 0.0850 e. The van der Waals surface area contributed by atoms with Gasteiger partial charge in [-0.3, -0.25) is 0 Å². The molecule has 1 unspecified atom stereocenters. The van der Waals surface area contributed by atoms with Crippen LogP contribution in [0, 0.1) is 0 Å². The van der Waals surface area contributed by atoms with Crippen LogP contribution in [0.25, 0.3) is 0 Å². The molecule has 0 radical (unpaired) electrons. The Morgan fingerprint density at radius 2 is 1.53 bits per heavy atom. The normalized spacial score (nSPS) is 12.5. The first-order valence-corrected chi connectivity index (χ1v) is 6.49. The number of hydrogen-bond acceptors (Lipinski definition) is 0. The van der Waals surface area contributed by atoms with Crippen LogP contribution in [-0.4, -0.2) is 0 Å². The zero-order valence-corrected chi connectivity index (χ0v) is 11.7. The largest absolute Gasteiger partial charge is 0.113 e. The first kappa shape index (κ1) is 13.0. The number of alkyl halides is 1. The van der Waals surface area contributed by atoms with Crippen molar-refractivity contribution >= 4 is 46.4 Å². The highest BCUT2D eigenvalue weighted by molar-refractivity contribution is 6.35. The maximum atomic E-state index is 6.38. The third-order valence-corrected chi connectivity index (χ3v) is 3.67. The van der Waals surface area contributed by atoms with Crippen LogP contribution in [0.5, 0.6) is 0 Å². The number of benzene rings is 2. The topological polar surface area (TPSA) is 0 Å². The van der Waals surface area contributed by atoms with Crippen LogP contribution < -0.4 is 0 Å². The van der Waals surface area contributed by atoms with Gasteiger partial charge < -0.3 is 0 Å². The molecule has 88 valence electrons. The van der Waals surface area contributed by atoms with Crippen molar-refractivity contribution in [2.45, 2.75) is 5.38 Å². The second-order valence-corrected chi connectivity index (χ2v) is 5.30. The Balaban J connectivity index is 2.43. The van der Waals surface area contributed by atoms with Crippen molar-refractivity contribution in [2.75, 3.05) is 0 Å². The standard InChI is InChI=1S/C13H8Cl4/c14-9-3-1-2-8(6-9)13(17)11-7-10(15)4-5-12(11)16/h1-7,13H. The summed E-state index contributed by atoms with van der Waals surface area (Å²) in [4.78, 5) is 0.